The fraction of sp³-hybridized carbons (Fsp3) is 0.500. The van der Waals surface area contributed by atoms with Crippen LogP contribution in [0, 0.1) is 0 Å². The summed E-state index contributed by atoms with van der Waals surface area (Å²) in [6, 6.07) is 0. The number of nitrogens with two attached hydrogens (primary N) is 2. The Morgan fingerprint density at radius 3 is 1.57 bits per heavy atom. The highest BCUT2D eigenvalue weighted by molar-refractivity contribution is 7.47. The molecule has 0 amide bonds. The SMILES string of the molecule is Nc1ncnc2c1ncn2[C@@H]1O[C@@H]2COP(=O)(O)OC[C@H]3O[C@@H](n4cnc5c(N)ncnc54)[C@H](O)[C@@H]3OP(=O)(O)O[C@H]2[C@H]1O. The first-order chi connectivity index (χ1) is 20.9. The first-order valence-corrected chi connectivity index (χ1v) is 15.8. The molecule has 3 aliphatic heterocycles. The molecular weight excluding hydrogens is 634 g/mol. The van der Waals surface area contributed by atoms with Crippen LogP contribution < -0.4 is 11.5 Å². The Morgan fingerprint density at radius 2 is 1.14 bits per heavy atom. The Bertz CT molecular complexity index is 1700. The molecule has 0 aliphatic carbocycles. The van der Waals surface area contributed by atoms with E-state index in [9.17, 15) is 29.1 Å². The predicted molar refractivity (Wildman–Crippen MR) is 141 cm³/mol. The van der Waals surface area contributed by atoms with Crippen LogP contribution in [0.2, 0.25) is 0 Å². The second-order valence-corrected chi connectivity index (χ2v) is 12.8. The van der Waals surface area contributed by atoms with Gasteiger partial charge in [0.05, 0.1) is 25.9 Å². The van der Waals surface area contributed by atoms with Gasteiger partial charge < -0.3 is 40.9 Å². The fourth-order valence-corrected chi connectivity index (χ4v) is 7.18. The molecule has 8 N–H and O–H groups in total. The molecule has 3 fully saturated rings. The molecule has 0 aromatic carbocycles. The van der Waals surface area contributed by atoms with Gasteiger partial charge in [0.15, 0.2) is 35.4 Å². The number of phosphoric ester groups is 2. The van der Waals surface area contributed by atoms with Crippen LogP contribution in [0.25, 0.3) is 22.3 Å². The number of anilines is 2. The largest absolute Gasteiger partial charge is 0.473 e. The Kier molecular flexibility index (Phi) is 7.16. The number of imidazole rings is 2. The molecule has 8 atom stereocenters. The molecule has 3 saturated heterocycles. The number of ether oxygens (including phenoxy) is 2. The number of hydrogen-bond acceptors (Lipinski definition) is 18. The lowest BCUT2D eigenvalue weighted by molar-refractivity contribution is -0.0664. The molecule has 22 nitrogen and oxygen atoms in total. The zero-order valence-electron chi connectivity index (χ0n) is 22.0. The second-order valence-electron chi connectivity index (χ2n) is 9.95. The molecule has 4 aromatic heterocycles. The standard InChI is InChI=1S/C20H24N10O12P2/c21-15-9-17(25-3-23-15)29(5-27-9)19-11(31)13-7(39-19)1-37-43(33,34)38-2-8-14(42-44(35,36)41-13)12(32)20(40-8)30-6-28-10-16(22)24-4-26-18(10)30/h3-8,11-14,19-20,31-32H,1-2H2,(H,33,34)(H,35,36)(H2,21,23,25)(H2,22,24,26)/t7-,8-,11-,12-,13-,14-,19-,20-/m1/s1. The van der Waals surface area contributed by atoms with Crippen LogP contribution in [0.5, 0.6) is 0 Å². The number of hydrogen-bond donors (Lipinski definition) is 6. The lowest BCUT2D eigenvalue weighted by Crippen LogP contribution is -2.39. The molecule has 7 heterocycles. The van der Waals surface area contributed by atoms with Gasteiger partial charge in [-0.1, -0.05) is 0 Å². The van der Waals surface area contributed by atoms with Crippen LogP contribution in [-0.4, -0.2) is 109 Å². The summed E-state index contributed by atoms with van der Waals surface area (Å²) in [5, 5.41) is 22.4. The fourth-order valence-electron chi connectivity index (χ4n) is 5.24. The van der Waals surface area contributed by atoms with Crippen molar-refractivity contribution in [2.45, 2.75) is 49.1 Å². The summed E-state index contributed by atoms with van der Waals surface area (Å²) in [7, 11) is -10.0. The number of nitrogen functional groups attached to an aromatic ring is 2. The normalized spacial score (nSPS) is 38.3. The highest BCUT2D eigenvalue weighted by Gasteiger charge is 2.54. The molecule has 0 bridgehead atoms. The molecular formula is C20H24N10O12P2. The van der Waals surface area contributed by atoms with Crippen molar-refractivity contribution in [1.82, 2.24) is 39.0 Å². The van der Waals surface area contributed by atoms with Crippen molar-refractivity contribution in [1.29, 1.82) is 0 Å². The Morgan fingerprint density at radius 1 is 0.705 bits per heavy atom. The van der Waals surface area contributed by atoms with Crippen molar-refractivity contribution >= 4 is 49.6 Å². The molecule has 0 radical (unpaired) electrons. The highest BCUT2D eigenvalue weighted by Crippen LogP contribution is 2.54. The molecule has 7 rings (SSSR count). The lowest BCUT2D eigenvalue weighted by atomic mass is 10.1. The minimum atomic E-state index is -5.17. The monoisotopic (exact) mass is 658 g/mol. The minimum absolute atomic E-state index is 0.0451. The summed E-state index contributed by atoms with van der Waals surface area (Å²) in [5.74, 6) is 0.0903. The lowest BCUT2D eigenvalue weighted by Gasteiger charge is -2.28. The predicted octanol–water partition coefficient (Wildman–Crippen LogP) is -1.63. The third kappa shape index (κ3) is 5.04. The van der Waals surface area contributed by atoms with Crippen LogP contribution in [-0.2, 0) is 36.7 Å². The van der Waals surface area contributed by atoms with E-state index in [1.807, 2.05) is 0 Å². The number of nitrogens with zero attached hydrogens (tertiary/aromatic N) is 8. The minimum Gasteiger partial charge on any atom is -0.386 e. The van der Waals surface area contributed by atoms with Gasteiger partial charge in [-0.3, -0.25) is 27.2 Å². The van der Waals surface area contributed by atoms with Crippen LogP contribution in [0.15, 0.2) is 25.3 Å². The van der Waals surface area contributed by atoms with Crippen molar-refractivity contribution in [3.8, 4) is 0 Å². The van der Waals surface area contributed by atoms with E-state index in [2.05, 4.69) is 29.9 Å². The van der Waals surface area contributed by atoms with E-state index in [-0.39, 0.29) is 34.0 Å². The first kappa shape index (κ1) is 29.5. The van der Waals surface area contributed by atoms with Crippen LogP contribution in [0.4, 0.5) is 11.6 Å². The van der Waals surface area contributed by atoms with E-state index in [1.165, 1.54) is 21.8 Å². The van der Waals surface area contributed by atoms with Gasteiger partial charge >= 0.3 is 15.6 Å². The Labute approximate surface area is 244 Å². The Balaban J connectivity index is 1.20. The van der Waals surface area contributed by atoms with Gasteiger partial charge in [-0.05, 0) is 0 Å². The van der Waals surface area contributed by atoms with Crippen LogP contribution in [0.3, 0.4) is 0 Å². The van der Waals surface area contributed by atoms with Crippen LogP contribution in [0.1, 0.15) is 12.5 Å². The molecule has 4 aromatic rings. The van der Waals surface area contributed by atoms with Gasteiger partial charge in [0.2, 0.25) is 0 Å². The van der Waals surface area contributed by atoms with E-state index < -0.39 is 77.9 Å². The summed E-state index contributed by atoms with van der Waals surface area (Å²) in [4.78, 5) is 45.3. The van der Waals surface area contributed by atoms with Crippen molar-refractivity contribution in [2.75, 3.05) is 24.7 Å². The summed E-state index contributed by atoms with van der Waals surface area (Å²) in [6.07, 6.45) is -7.53. The van der Waals surface area contributed by atoms with Gasteiger partial charge in [0, 0.05) is 0 Å². The molecule has 44 heavy (non-hydrogen) atoms. The van der Waals surface area contributed by atoms with E-state index in [0.717, 1.165) is 12.7 Å². The van der Waals surface area contributed by atoms with Gasteiger partial charge in [-0.25, -0.2) is 39.0 Å². The summed E-state index contributed by atoms with van der Waals surface area (Å²) >= 11 is 0. The maximum atomic E-state index is 13.4. The van der Waals surface area contributed by atoms with Crippen LogP contribution >= 0.6 is 15.6 Å². The molecule has 0 saturated carbocycles. The Hall–Kier alpha value is -3.24. The molecule has 24 heteroatoms. The number of aliphatic hydroxyl groups is 2. The topological polar surface area (TPSA) is 310 Å². The average Bonchev–Trinajstić information content (AvgIpc) is 3.73. The van der Waals surface area contributed by atoms with Gasteiger partial charge in [-0.15, -0.1) is 0 Å². The zero-order valence-corrected chi connectivity index (χ0v) is 23.8. The van der Waals surface area contributed by atoms with Crippen molar-refractivity contribution < 1.29 is 56.7 Å². The third-order valence-electron chi connectivity index (χ3n) is 7.26. The molecule has 236 valence electrons. The number of rotatable bonds is 2. The maximum Gasteiger partial charge on any atom is 0.473 e. The van der Waals surface area contributed by atoms with E-state index in [4.69, 9.17) is 39.0 Å². The van der Waals surface area contributed by atoms with Gasteiger partial charge in [0.25, 0.3) is 0 Å². The van der Waals surface area contributed by atoms with Gasteiger partial charge in [0.1, 0.15) is 60.3 Å². The number of aliphatic hydroxyl groups excluding tert-OH is 2. The number of aromatic nitrogens is 8. The third-order valence-corrected chi connectivity index (χ3v) is 9.23. The van der Waals surface area contributed by atoms with E-state index in [0.29, 0.717) is 0 Å². The maximum absolute atomic E-state index is 13.4. The first-order valence-electron chi connectivity index (χ1n) is 12.8. The molecule has 0 spiro atoms. The van der Waals surface area contributed by atoms with E-state index in [1.54, 1.807) is 0 Å². The highest BCUT2D eigenvalue weighted by atomic mass is 31.2. The molecule has 3 aliphatic rings. The summed E-state index contributed by atoms with van der Waals surface area (Å²) in [5.41, 5.74) is 12.4. The molecule has 0 unspecified atom stereocenters. The summed E-state index contributed by atoms with van der Waals surface area (Å²) in [6.45, 7) is -1.48. The summed E-state index contributed by atoms with van der Waals surface area (Å²) < 4.78 is 61.2. The van der Waals surface area contributed by atoms with Crippen molar-refractivity contribution in [3.63, 3.8) is 0 Å². The van der Waals surface area contributed by atoms with E-state index >= 15 is 0 Å². The number of phosphoric acid groups is 2. The zero-order chi connectivity index (χ0) is 31.0. The average molecular weight is 658 g/mol. The quantitative estimate of drug-likeness (QED) is 0.132. The van der Waals surface area contributed by atoms with Crippen molar-refractivity contribution in [3.05, 3.63) is 25.3 Å². The van der Waals surface area contributed by atoms with Gasteiger partial charge in [-0.2, -0.15) is 0 Å². The smallest absolute Gasteiger partial charge is 0.386 e. The number of fused-ring (bicyclic) bond motifs is 4. The second kappa shape index (κ2) is 10.7. The van der Waals surface area contributed by atoms with Crippen molar-refractivity contribution in [2.24, 2.45) is 0 Å².